The fourth-order valence-corrected chi connectivity index (χ4v) is 1.79. The largest absolute Gasteiger partial charge is 0.469 e. The van der Waals surface area contributed by atoms with Gasteiger partial charge in [0.2, 0.25) is 0 Å². The zero-order chi connectivity index (χ0) is 16.8. The highest BCUT2D eigenvalue weighted by Gasteiger charge is 2.12. The maximum absolute atomic E-state index is 11.3. The van der Waals surface area contributed by atoms with Crippen LogP contribution in [0.2, 0.25) is 0 Å². The van der Waals surface area contributed by atoms with Gasteiger partial charge in [0.15, 0.2) is 0 Å². The minimum atomic E-state index is -4.39. The minimum absolute atomic E-state index is 0.0389. The van der Waals surface area contributed by atoms with Gasteiger partial charge in [-0.2, -0.15) is 0 Å². The summed E-state index contributed by atoms with van der Waals surface area (Å²) >= 11 is 0. The van der Waals surface area contributed by atoms with Crippen molar-refractivity contribution < 1.29 is 37.9 Å². The molecule has 8 nitrogen and oxygen atoms in total. The second-order valence-corrected chi connectivity index (χ2v) is 5.67. The molecule has 0 radical (unpaired) electrons. The Morgan fingerprint density at radius 1 is 0.955 bits per heavy atom. The Morgan fingerprint density at radius 3 is 2.14 bits per heavy atom. The summed E-state index contributed by atoms with van der Waals surface area (Å²) in [6.45, 7) is 3.76. The standard InChI is InChI=1S/C13H23O8P/c1-2-12(14)19-9-6-7-10-20-13(15)8-4-3-5-11-21-22(16,17)18/h2H,1,3-11H2,(H2,16,17,18). The normalized spacial score (nSPS) is 11.0. The monoisotopic (exact) mass is 338 g/mol. The van der Waals surface area contributed by atoms with Gasteiger partial charge < -0.3 is 19.3 Å². The topological polar surface area (TPSA) is 119 Å². The predicted molar refractivity (Wildman–Crippen MR) is 77.8 cm³/mol. The maximum atomic E-state index is 11.3. The molecule has 0 aliphatic heterocycles. The number of hydrogen-bond acceptors (Lipinski definition) is 6. The summed E-state index contributed by atoms with van der Waals surface area (Å²) in [5.41, 5.74) is 0. The van der Waals surface area contributed by atoms with Crippen LogP contribution in [0, 0.1) is 0 Å². The van der Waals surface area contributed by atoms with Crippen LogP contribution in [-0.2, 0) is 28.2 Å². The summed E-state index contributed by atoms with van der Waals surface area (Å²) in [6.07, 6.45) is 4.20. The fourth-order valence-electron chi connectivity index (χ4n) is 1.43. The molecule has 0 aromatic carbocycles. The number of esters is 2. The molecule has 2 N–H and O–H groups in total. The highest BCUT2D eigenvalue weighted by Crippen LogP contribution is 2.35. The van der Waals surface area contributed by atoms with Crippen LogP contribution >= 0.6 is 7.82 Å². The van der Waals surface area contributed by atoms with E-state index in [1.807, 2.05) is 0 Å². The third-order valence-corrected chi connectivity index (χ3v) is 3.02. The number of ether oxygens (including phenoxy) is 2. The van der Waals surface area contributed by atoms with Crippen LogP contribution < -0.4 is 0 Å². The Hall–Kier alpha value is -1.21. The Morgan fingerprint density at radius 2 is 1.55 bits per heavy atom. The zero-order valence-corrected chi connectivity index (χ0v) is 13.3. The van der Waals surface area contributed by atoms with Crippen molar-refractivity contribution in [1.29, 1.82) is 0 Å². The minimum Gasteiger partial charge on any atom is -0.466 e. The van der Waals surface area contributed by atoms with Gasteiger partial charge in [-0.1, -0.05) is 13.0 Å². The molecule has 0 heterocycles. The average molecular weight is 338 g/mol. The first-order chi connectivity index (χ1) is 10.3. The van der Waals surface area contributed by atoms with Crippen molar-refractivity contribution in [2.75, 3.05) is 19.8 Å². The molecule has 0 saturated carbocycles. The molecular weight excluding hydrogens is 315 g/mol. The molecule has 0 amide bonds. The summed E-state index contributed by atoms with van der Waals surface area (Å²) in [6, 6.07) is 0. The van der Waals surface area contributed by atoms with E-state index in [1.165, 1.54) is 0 Å². The second-order valence-electron chi connectivity index (χ2n) is 4.43. The Kier molecular flexibility index (Phi) is 11.7. The molecule has 0 aliphatic rings. The number of carbonyl (C=O) groups is 2. The van der Waals surface area contributed by atoms with Gasteiger partial charge in [0.05, 0.1) is 19.8 Å². The van der Waals surface area contributed by atoms with Crippen LogP contribution in [0.3, 0.4) is 0 Å². The lowest BCUT2D eigenvalue weighted by Gasteiger charge is -2.06. The quantitative estimate of drug-likeness (QED) is 0.225. The number of phosphoric ester groups is 1. The van der Waals surface area contributed by atoms with E-state index in [-0.39, 0.29) is 32.2 Å². The molecular formula is C13H23O8P. The predicted octanol–water partition coefficient (Wildman–Crippen LogP) is 1.71. The maximum Gasteiger partial charge on any atom is 0.469 e. The van der Waals surface area contributed by atoms with E-state index in [4.69, 9.17) is 19.3 Å². The van der Waals surface area contributed by atoms with Gasteiger partial charge in [-0.15, -0.1) is 0 Å². The molecule has 0 aromatic rings. The molecule has 0 aromatic heterocycles. The Bertz CT molecular complexity index is 390. The van der Waals surface area contributed by atoms with E-state index < -0.39 is 13.8 Å². The molecule has 0 atom stereocenters. The lowest BCUT2D eigenvalue weighted by molar-refractivity contribution is -0.144. The van der Waals surface area contributed by atoms with Crippen LogP contribution in [0.25, 0.3) is 0 Å². The van der Waals surface area contributed by atoms with Gasteiger partial charge in [0, 0.05) is 12.5 Å². The van der Waals surface area contributed by atoms with Gasteiger partial charge in [-0.3, -0.25) is 9.32 Å². The zero-order valence-electron chi connectivity index (χ0n) is 12.4. The van der Waals surface area contributed by atoms with Crippen LogP contribution in [0.15, 0.2) is 12.7 Å². The van der Waals surface area contributed by atoms with Crippen LogP contribution in [0.4, 0.5) is 0 Å². The SMILES string of the molecule is C=CC(=O)OCCCCOC(=O)CCCCCOP(=O)(O)O. The Labute approximate surface area is 129 Å². The molecule has 0 spiro atoms. The van der Waals surface area contributed by atoms with Crippen molar-refractivity contribution in [1.82, 2.24) is 0 Å². The molecule has 0 rings (SSSR count). The molecule has 22 heavy (non-hydrogen) atoms. The van der Waals surface area contributed by atoms with E-state index in [2.05, 4.69) is 11.1 Å². The number of hydrogen-bond donors (Lipinski definition) is 2. The summed E-state index contributed by atoms with van der Waals surface area (Å²) in [4.78, 5) is 39.0. The third-order valence-electron chi connectivity index (χ3n) is 2.50. The highest BCUT2D eigenvalue weighted by atomic mass is 31.2. The second kappa shape index (κ2) is 12.3. The van der Waals surface area contributed by atoms with Crippen molar-refractivity contribution in [3.63, 3.8) is 0 Å². The van der Waals surface area contributed by atoms with Gasteiger partial charge in [0.25, 0.3) is 0 Å². The van der Waals surface area contributed by atoms with E-state index in [0.29, 0.717) is 32.1 Å². The number of unbranched alkanes of at least 4 members (excludes halogenated alkanes) is 3. The van der Waals surface area contributed by atoms with Gasteiger partial charge in [-0.05, 0) is 25.7 Å². The molecule has 0 aliphatic carbocycles. The Balaban J connectivity index is 3.35. The van der Waals surface area contributed by atoms with Crippen LogP contribution in [0.1, 0.15) is 38.5 Å². The highest BCUT2D eigenvalue weighted by molar-refractivity contribution is 7.46. The van der Waals surface area contributed by atoms with E-state index in [1.54, 1.807) is 0 Å². The fraction of sp³-hybridized carbons (Fsp3) is 0.692. The third kappa shape index (κ3) is 15.2. The first-order valence-corrected chi connectivity index (χ1v) is 8.53. The van der Waals surface area contributed by atoms with E-state index in [9.17, 15) is 14.2 Å². The summed E-state index contributed by atoms with van der Waals surface area (Å²) in [7, 11) is -4.39. The number of carbonyl (C=O) groups excluding carboxylic acids is 2. The molecule has 0 saturated heterocycles. The first kappa shape index (κ1) is 20.8. The summed E-state index contributed by atoms with van der Waals surface area (Å²) in [5.74, 6) is -0.793. The molecule has 0 bridgehead atoms. The lowest BCUT2D eigenvalue weighted by Crippen LogP contribution is -2.07. The average Bonchev–Trinajstić information content (AvgIpc) is 2.44. The van der Waals surface area contributed by atoms with Crippen molar-refractivity contribution >= 4 is 19.8 Å². The van der Waals surface area contributed by atoms with Crippen LogP contribution in [0.5, 0.6) is 0 Å². The smallest absolute Gasteiger partial charge is 0.466 e. The van der Waals surface area contributed by atoms with Crippen molar-refractivity contribution in [3.05, 3.63) is 12.7 Å². The van der Waals surface area contributed by atoms with E-state index >= 15 is 0 Å². The van der Waals surface area contributed by atoms with Gasteiger partial charge >= 0.3 is 19.8 Å². The van der Waals surface area contributed by atoms with Crippen molar-refractivity contribution in [3.8, 4) is 0 Å². The van der Waals surface area contributed by atoms with Gasteiger partial charge in [-0.25, -0.2) is 9.36 Å². The molecule has 0 fully saturated rings. The molecule has 9 heteroatoms. The molecule has 0 unspecified atom stereocenters. The number of phosphoric acid groups is 1. The van der Waals surface area contributed by atoms with Gasteiger partial charge in [0.1, 0.15) is 0 Å². The number of rotatable bonds is 13. The summed E-state index contributed by atoms with van der Waals surface area (Å²) in [5, 5.41) is 0. The summed E-state index contributed by atoms with van der Waals surface area (Å²) < 4.78 is 24.4. The van der Waals surface area contributed by atoms with Crippen molar-refractivity contribution in [2.24, 2.45) is 0 Å². The van der Waals surface area contributed by atoms with Crippen LogP contribution in [-0.4, -0.2) is 41.5 Å². The van der Waals surface area contributed by atoms with E-state index in [0.717, 1.165) is 6.08 Å². The first-order valence-electron chi connectivity index (χ1n) is 7.00. The molecule has 128 valence electrons. The lowest BCUT2D eigenvalue weighted by atomic mass is 10.2. The van der Waals surface area contributed by atoms with Crippen molar-refractivity contribution in [2.45, 2.75) is 38.5 Å².